The van der Waals surface area contributed by atoms with Gasteiger partial charge < -0.3 is 15.2 Å². The zero-order chi connectivity index (χ0) is 13.7. The predicted molar refractivity (Wildman–Crippen MR) is 73.4 cm³/mol. The van der Waals surface area contributed by atoms with Crippen molar-refractivity contribution in [2.45, 2.75) is 6.42 Å². The molecule has 2 N–H and O–H groups in total. The molecular formula is C15H15NO3. The number of rotatable bonds is 4. The summed E-state index contributed by atoms with van der Waals surface area (Å²) in [5.74, 6) is 0.840. The Morgan fingerprint density at radius 1 is 1.11 bits per heavy atom. The standard InChI is InChI=1S/C15H15NO3/c1-19-14-8-4-12(5-9-14)16-15(18)10-11-2-6-13(17)7-3-11/h2-9,17H,10H2,1H3,(H,16,18). The number of benzene rings is 2. The molecule has 0 unspecified atom stereocenters. The fraction of sp³-hybridized carbons (Fsp3) is 0.133. The van der Waals surface area contributed by atoms with Crippen molar-refractivity contribution >= 4 is 11.6 Å². The van der Waals surface area contributed by atoms with E-state index < -0.39 is 0 Å². The van der Waals surface area contributed by atoms with Gasteiger partial charge in [-0.05, 0) is 42.0 Å². The van der Waals surface area contributed by atoms with Crippen LogP contribution in [0.15, 0.2) is 48.5 Å². The third-order valence-electron chi connectivity index (χ3n) is 2.67. The van der Waals surface area contributed by atoms with Gasteiger partial charge in [0.2, 0.25) is 5.91 Å². The van der Waals surface area contributed by atoms with Gasteiger partial charge in [-0.2, -0.15) is 0 Å². The van der Waals surface area contributed by atoms with E-state index in [1.54, 1.807) is 55.6 Å². The lowest BCUT2D eigenvalue weighted by molar-refractivity contribution is -0.115. The molecule has 0 bridgehead atoms. The van der Waals surface area contributed by atoms with Gasteiger partial charge in [-0.3, -0.25) is 4.79 Å². The monoisotopic (exact) mass is 257 g/mol. The Morgan fingerprint density at radius 3 is 2.32 bits per heavy atom. The molecule has 0 aliphatic carbocycles. The zero-order valence-corrected chi connectivity index (χ0v) is 10.6. The number of hydrogen-bond donors (Lipinski definition) is 2. The Morgan fingerprint density at radius 2 is 1.74 bits per heavy atom. The van der Waals surface area contributed by atoms with Crippen molar-refractivity contribution in [3.63, 3.8) is 0 Å². The van der Waals surface area contributed by atoms with Crippen LogP contribution in [0.25, 0.3) is 0 Å². The van der Waals surface area contributed by atoms with E-state index in [9.17, 15) is 4.79 Å². The Kier molecular flexibility index (Phi) is 4.03. The quantitative estimate of drug-likeness (QED) is 0.885. The van der Waals surface area contributed by atoms with Gasteiger partial charge in [-0.25, -0.2) is 0 Å². The number of aromatic hydroxyl groups is 1. The van der Waals surface area contributed by atoms with Crippen LogP contribution in [0.3, 0.4) is 0 Å². The van der Waals surface area contributed by atoms with Crippen LogP contribution in [0.2, 0.25) is 0 Å². The highest BCUT2D eigenvalue weighted by Crippen LogP contribution is 2.15. The van der Waals surface area contributed by atoms with Crippen LogP contribution >= 0.6 is 0 Å². The first-order valence-electron chi connectivity index (χ1n) is 5.89. The molecule has 1 amide bonds. The summed E-state index contributed by atoms with van der Waals surface area (Å²) in [6.45, 7) is 0. The van der Waals surface area contributed by atoms with Gasteiger partial charge in [0.05, 0.1) is 13.5 Å². The number of amides is 1. The lowest BCUT2D eigenvalue weighted by Crippen LogP contribution is -2.14. The van der Waals surface area contributed by atoms with Crippen LogP contribution in [0.1, 0.15) is 5.56 Å². The SMILES string of the molecule is COc1ccc(NC(=O)Cc2ccc(O)cc2)cc1. The molecule has 2 aromatic carbocycles. The molecule has 98 valence electrons. The number of anilines is 1. The first kappa shape index (κ1) is 13.0. The third kappa shape index (κ3) is 3.74. The van der Waals surface area contributed by atoms with E-state index in [-0.39, 0.29) is 18.1 Å². The number of phenolic OH excluding ortho intramolecular Hbond substituents is 1. The highest BCUT2D eigenvalue weighted by atomic mass is 16.5. The van der Waals surface area contributed by atoms with E-state index in [0.29, 0.717) is 0 Å². The minimum absolute atomic E-state index is 0.101. The molecule has 0 heterocycles. The van der Waals surface area contributed by atoms with Gasteiger partial charge >= 0.3 is 0 Å². The second-order valence-electron chi connectivity index (χ2n) is 4.12. The lowest BCUT2D eigenvalue weighted by atomic mass is 10.1. The molecule has 4 heteroatoms. The van der Waals surface area contributed by atoms with Crippen LogP contribution in [0, 0.1) is 0 Å². The molecule has 19 heavy (non-hydrogen) atoms. The molecule has 0 saturated carbocycles. The van der Waals surface area contributed by atoms with Crippen LogP contribution in [0.4, 0.5) is 5.69 Å². The molecule has 0 aliphatic rings. The molecule has 0 radical (unpaired) electrons. The average Bonchev–Trinajstić information content (AvgIpc) is 2.42. The highest BCUT2D eigenvalue weighted by molar-refractivity contribution is 5.92. The average molecular weight is 257 g/mol. The van der Waals surface area contributed by atoms with Crippen LogP contribution < -0.4 is 10.1 Å². The van der Waals surface area contributed by atoms with E-state index in [4.69, 9.17) is 9.84 Å². The van der Waals surface area contributed by atoms with E-state index in [1.807, 2.05) is 0 Å². The van der Waals surface area contributed by atoms with E-state index in [1.165, 1.54) is 0 Å². The summed E-state index contributed by atoms with van der Waals surface area (Å²) in [5.41, 5.74) is 1.58. The van der Waals surface area contributed by atoms with Crippen molar-refractivity contribution in [3.05, 3.63) is 54.1 Å². The second kappa shape index (κ2) is 5.91. The molecule has 0 aromatic heterocycles. The number of carbonyl (C=O) groups is 1. The second-order valence-corrected chi connectivity index (χ2v) is 4.12. The van der Waals surface area contributed by atoms with Gasteiger partial charge in [0, 0.05) is 5.69 Å². The molecule has 0 fully saturated rings. The fourth-order valence-electron chi connectivity index (χ4n) is 1.68. The smallest absolute Gasteiger partial charge is 0.228 e. The Labute approximate surface area is 111 Å². The molecule has 0 aliphatic heterocycles. The summed E-state index contributed by atoms with van der Waals surface area (Å²) in [6, 6.07) is 13.7. The van der Waals surface area contributed by atoms with Crippen molar-refractivity contribution in [1.82, 2.24) is 0 Å². The summed E-state index contributed by atoms with van der Waals surface area (Å²) in [4.78, 5) is 11.8. The van der Waals surface area contributed by atoms with Crippen molar-refractivity contribution in [1.29, 1.82) is 0 Å². The first-order chi connectivity index (χ1) is 9.17. The molecule has 4 nitrogen and oxygen atoms in total. The topological polar surface area (TPSA) is 58.6 Å². The van der Waals surface area contributed by atoms with Gasteiger partial charge in [0.1, 0.15) is 11.5 Å². The Balaban J connectivity index is 1.95. The van der Waals surface area contributed by atoms with E-state index in [0.717, 1.165) is 17.0 Å². The first-order valence-corrected chi connectivity index (χ1v) is 5.89. The van der Waals surface area contributed by atoms with Gasteiger partial charge in [-0.15, -0.1) is 0 Å². The largest absolute Gasteiger partial charge is 0.508 e. The van der Waals surface area contributed by atoms with Crippen LogP contribution in [-0.4, -0.2) is 18.1 Å². The number of phenols is 1. The lowest BCUT2D eigenvalue weighted by Gasteiger charge is -2.06. The summed E-state index contributed by atoms with van der Waals surface area (Å²) in [7, 11) is 1.60. The number of methoxy groups -OCH3 is 1. The number of ether oxygens (including phenoxy) is 1. The van der Waals surface area contributed by atoms with Gasteiger partial charge in [-0.1, -0.05) is 12.1 Å². The summed E-state index contributed by atoms with van der Waals surface area (Å²) in [5, 5.41) is 12.0. The minimum Gasteiger partial charge on any atom is -0.508 e. The van der Waals surface area contributed by atoms with Crippen molar-refractivity contribution in [2.24, 2.45) is 0 Å². The minimum atomic E-state index is -0.101. The molecule has 0 saturated heterocycles. The maximum absolute atomic E-state index is 11.8. The molecular weight excluding hydrogens is 242 g/mol. The van der Waals surface area contributed by atoms with Gasteiger partial charge in [0.25, 0.3) is 0 Å². The zero-order valence-electron chi connectivity index (χ0n) is 10.6. The molecule has 2 aromatic rings. The molecule has 2 rings (SSSR count). The third-order valence-corrected chi connectivity index (χ3v) is 2.67. The summed E-state index contributed by atoms with van der Waals surface area (Å²) < 4.78 is 5.04. The number of nitrogens with one attached hydrogen (secondary N) is 1. The van der Waals surface area contributed by atoms with Crippen molar-refractivity contribution in [3.8, 4) is 11.5 Å². The van der Waals surface area contributed by atoms with Crippen LogP contribution in [-0.2, 0) is 11.2 Å². The van der Waals surface area contributed by atoms with E-state index >= 15 is 0 Å². The van der Waals surface area contributed by atoms with Crippen LogP contribution in [0.5, 0.6) is 11.5 Å². The summed E-state index contributed by atoms with van der Waals surface area (Å²) >= 11 is 0. The molecule has 0 atom stereocenters. The maximum atomic E-state index is 11.8. The predicted octanol–water partition coefficient (Wildman–Crippen LogP) is 2.58. The van der Waals surface area contributed by atoms with Crippen molar-refractivity contribution < 1.29 is 14.6 Å². The molecule has 0 spiro atoms. The Hall–Kier alpha value is -2.49. The van der Waals surface area contributed by atoms with E-state index in [2.05, 4.69) is 5.32 Å². The summed E-state index contributed by atoms with van der Waals surface area (Å²) in [6.07, 6.45) is 0.270. The Bertz CT molecular complexity index is 547. The van der Waals surface area contributed by atoms with Crippen molar-refractivity contribution in [2.75, 3.05) is 12.4 Å². The maximum Gasteiger partial charge on any atom is 0.228 e. The number of carbonyl (C=O) groups excluding carboxylic acids is 1. The fourth-order valence-corrected chi connectivity index (χ4v) is 1.68. The number of hydrogen-bond acceptors (Lipinski definition) is 3. The highest BCUT2D eigenvalue weighted by Gasteiger charge is 2.04. The normalized spacial score (nSPS) is 9.95. The van der Waals surface area contributed by atoms with Gasteiger partial charge in [0.15, 0.2) is 0 Å².